The van der Waals surface area contributed by atoms with E-state index in [9.17, 15) is 86.2 Å². The van der Waals surface area contributed by atoms with Crippen LogP contribution in [0.3, 0.4) is 0 Å². The van der Waals surface area contributed by atoms with Gasteiger partial charge in [0.15, 0.2) is 31.5 Å². The Bertz CT molecular complexity index is 2280. The van der Waals surface area contributed by atoms with E-state index in [1.807, 2.05) is 6.08 Å². The van der Waals surface area contributed by atoms with Crippen LogP contribution in [-0.2, 0) is 57.0 Å². The van der Waals surface area contributed by atoms with Gasteiger partial charge in [0, 0.05) is 13.3 Å². The summed E-state index contributed by atoms with van der Waals surface area (Å²) >= 11 is 0. The van der Waals surface area contributed by atoms with Crippen molar-refractivity contribution in [3.05, 3.63) is 24.3 Å². The van der Waals surface area contributed by atoms with Crippen LogP contribution in [0.25, 0.3) is 0 Å². The molecule has 0 aliphatic carbocycles. The molecule has 0 aromatic heterocycles. The third kappa shape index (κ3) is 30.3. The van der Waals surface area contributed by atoms with E-state index in [2.05, 4.69) is 36.6 Å². The number of unbranched alkanes of at least 4 members (excludes halogenated alkanes) is 28. The molecule has 5 heterocycles. The Morgan fingerprint density at radius 3 is 1.29 bits per heavy atom. The summed E-state index contributed by atoms with van der Waals surface area (Å²) < 4.78 is 59.8. The Balaban J connectivity index is 1.22. The highest BCUT2D eigenvalue weighted by atomic mass is 16.8. The fraction of sp³-hybridized carbons (Fsp3) is 0.919. The highest BCUT2D eigenvalue weighted by molar-refractivity contribution is 5.76. The number of ether oxygens (including phenoxy) is 10. The van der Waals surface area contributed by atoms with Gasteiger partial charge in [-0.05, 0) is 51.9 Å². The SMILES string of the molecule is CCCCCCCC/C=C\CCCCCCCCCCCCCC(=O)N[C@@H](CO[C@@H]1OC(CO)[C@@H](O[C@@H]2OC(CO)[C@H](O)[C@H](O[C@@H]3OC(CO)[C@@H](O[C@H]4OC(C)[C@@H](O)C(O)[C@@H]4O)[C@H](O[C@@H]4OC(CO)[C@H](O)[C@H](O)C4O)C3NC(C)=O)C2O)[C@H](O)C1O)[C@H](O)/C=C/CCCCCCCCCCCCC. The monoisotopic (exact) mass is 1480 g/mol. The number of carbonyl (C=O) groups excluding carboxylic acids is 2. The van der Waals surface area contributed by atoms with Crippen molar-refractivity contribution in [2.24, 2.45) is 0 Å². The molecule has 10 unspecified atom stereocenters. The molecule has 103 heavy (non-hydrogen) atoms. The molecule has 0 aromatic rings. The zero-order valence-corrected chi connectivity index (χ0v) is 61.7. The lowest BCUT2D eigenvalue weighted by molar-refractivity contribution is -0.391. The van der Waals surface area contributed by atoms with Gasteiger partial charge >= 0.3 is 0 Å². The molecule has 602 valence electrons. The van der Waals surface area contributed by atoms with Crippen molar-refractivity contribution in [1.29, 1.82) is 0 Å². The number of allylic oxidation sites excluding steroid dienone is 3. The van der Waals surface area contributed by atoms with Gasteiger partial charge in [-0.25, -0.2) is 0 Å². The molecule has 0 radical (unpaired) electrons. The van der Waals surface area contributed by atoms with Gasteiger partial charge in [-0.1, -0.05) is 192 Å². The number of aliphatic hydroxyl groups is 15. The largest absolute Gasteiger partial charge is 0.394 e. The Kier molecular flexibility index (Phi) is 45.1. The summed E-state index contributed by atoms with van der Waals surface area (Å²) in [7, 11) is 0. The van der Waals surface area contributed by atoms with Crippen molar-refractivity contribution in [1.82, 2.24) is 10.6 Å². The van der Waals surface area contributed by atoms with Crippen LogP contribution in [0.2, 0.25) is 0 Å². The average Bonchev–Trinajstić information content (AvgIpc) is 0.761. The van der Waals surface area contributed by atoms with Crippen molar-refractivity contribution in [3.63, 3.8) is 0 Å². The summed E-state index contributed by atoms with van der Waals surface area (Å²) in [6.07, 6.45) is -1.29. The first-order valence-electron chi connectivity index (χ1n) is 39.0. The summed E-state index contributed by atoms with van der Waals surface area (Å²) in [5.41, 5.74) is 0. The van der Waals surface area contributed by atoms with Gasteiger partial charge in [-0.3, -0.25) is 9.59 Å². The highest BCUT2D eigenvalue weighted by Gasteiger charge is 2.58. The highest BCUT2D eigenvalue weighted by Crippen LogP contribution is 2.38. The van der Waals surface area contributed by atoms with E-state index in [-0.39, 0.29) is 12.3 Å². The fourth-order valence-electron chi connectivity index (χ4n) is 13.9. The van der Waals surface area contributed by atoms with Gasteiger partial charge in [0.2, 0.25) is 11.8 Å². The van der Waals surface area contributed by atoms with Crippen LogP contribution >= 0.6 is 0 Å². The molecule has 0 bridgehead atoms. The van der Waals surface area contributed by atoms with E-state index < -0.39 is 205 Å². The van der Waals surface area contributed by atoms with Crippen molar-refractivity contribution in [3.8, 4) is 0 Å². The molecule has 5 fully saturated rings. The van der Waals surface area contributed by atoms with E-state index >= 15 is 0 Å². The molecule has 29 heteroatoms. The topological polar surface area (TPSA) is 454 Å². The molecule has 27 atom stereocenters. The lowest BCUT2D eigenvalue weighted by Crippen LogP contribution is -2.71. The number of hydrogen-bond acceptors (Lipinski definition) is 27. The predicted molar refractivity (Wildman–Crippen MR) is 376 cm³/mol. The Labute approximate surface area is 609 Å². The lowest BCUT2D eigenvalue weighted by atomic mass is 9.93. The van der Waals surface area contributed by atoms with Crippen molar-refractivity contribution >= 4 is 11.8 Å². The molecule has 5 saturated heterocycles. The quantitative estimate of drug-likeness (QED) is 0.0307. The minimum atomic E-state index is -2.19. The molecule has 0 aromatic carbocycles. The number of aliphatic hydroxyl groups excluding tert-OH is 15. The third-order valence-corrected chi connectivity index (χ3v) is 20.3. The molecule has 5 aliphatic rings. The van der Waals surface area contributed by atoms with Crippen LogP contribution in [0.4, 0.5) is 0 Å². The number of nitrogens with one attached hydrogen (secondary N) is 2. The molecular formula is C74H134N2O27. The van der Waals surface area contributed by atoms with Crippen LogP contribution in [0.1, 0.15) is 233 Å². The van der Waals surface area contributed by atoms with E-state index in [0.717, 1.165) is 64.7 Å². The molecule has 5 rings (SSSR count). The predicted octanol–water partition coefficient (Wildman–Crippen LogP) is 2.75. The molecule has 0 saturated carbocycles. The van der Waals surface area contributed by atoms with Gasteiger partial charge in [-0.2, -0.15) is 0 Å². The second-order valence-electron chi connectivity index (χ2n) is 28.9. The fourth-order valence-corrected chi connectivity index (χ4v) is 13.9. The molecule has 5 aliphatic heterocycles. The zero-order valence-electron chi connectivity index (χ0n) is 61.7. The smallest absolute Gasteiger partial charge is 0.220 e. The maximum atomic E-state index is 13.6. The number of rotatable bonds is 52. The van der Waals surface area contributed by atoms with Crippen LogP contribution in [0.5, 0.6) is 0 Å². The third-order valence-electron chi connectivity index (χ3n) is 20.3. The number of hydrogen-bond donors (Lipinski definition) is 17. The van der Waals surface area contributed by atoms with Gasteiger partial charge < -0.3 is 135 Å². The average molecular weight is 1480 g/mol. The molecular weight excluding hydrogens is 1350 g/mol. The standard InChI is InChI=1S/C74H134N2O27/c1-5-7-9-11-13-15-17-19-20-21-22-23-24-25-26-28-30-32-34-36-38-40-54(83)76-48(49(82)39-37-35-33-31-29-27-18-16-14-12-10-8-6-2)45-94-71-64(92)61(89)66(52(43-79)99-71)100-74-65(93)69(58(86)51(42-78)97-74)103-70-55(75-47(4)81)68(102-73-63(91)60(88)57(85)50(41-77)96-73)67(53(44-80)98-70)101-72-62(90)59(87)56(84)46(3)95-72/h19-20,37,39,46,48-53,55-74,77-80,82,84-93H,5-18,21-36,38,40-45H2,1-4H3,(H,75,81)(H,76,83)/b20-19-,39-37+/t46?,48-,49+,50?,51?,52?,53?,55?,56+,57-,58-,59?,60-,61+,62-,63?,64?,65?,66+,67+,68+,69-,70-,71+,72+,73-,74-/m0/s1. The second kappa shape index (κ2) is 51.0. The summed E-state index contributed by atoms with van der Waals surface area (Å²) in [6.45, 7) is 2.56. The maximum Gasteiger partial charge on any atom is 0.220 e. The first kappa shape index (κ1) is 91.0. The van der Waals surface area contributed by atoms with Crippen molar-refractivity contribution in [2.75, 3.05) is 33.0 Å². The van der Waals surface area contributed by atoms with Crippen LogP contribution in [-0.4, -0.2) is 287 Å². The number of carbonyl (C=O) groups is 2. The van der Waals surface area contributed by atoms with Gasteiger partial charge in [0.05, 0.1) is 51.3 Å². The molecule has 29 nitrogen and oxygen atoms in total. The lowest BCUT2D eigenvalue weighted by Gasteiger charge is -2.51. The van der Waals surface area contributed by atoms with E-state index in [1.54, 1.807) is 6.08 Å². The Hall–Kier alpha value is -2.58. The Morgan fingerprint density at radius 2 is 0.786 bits per heavy atom. The molecule has 2 amide bonds. The minimum Gasteiger partial charge on any atom is -0.394 e. The van der Waals surface area contributed by atoms with Gasteiger partial charge in [-0.15, -0.1) is 0 Å². The maximum absolute atomic E-state index is 13.6. The summed E-state index contributed by atoms with van der Waals surface area (Å²) in [5.74, 6) is -1.18. The first-order valence-corrected chi connectivity index (χ1v) is 39.0. The van der Waals surface area contributed by atoms with Crippen molar-refractivity contribution in [2.45, 2.75) is 399 Å². The van der Waals surface area contributed by atoms with E-state index in [4.69, 9.17) is 47.4 Å². The normalized spacial score (nSPS) is 35.0. The first-order chi connectivity index (χ1) is 49.7. The number of amides is 2. The van der Waals surface area contributed by atoms with E-state index in [1.165, 1.54) is 135 Å². The van der Waals surface area contributed by atoms with Gasteiger partial charge in [0.25, 0.3) is 0 Å². The molecule has 17 N–H and O–H groups in total. The second-order valence-corrected chi connectivity index (χ2v) is 28.9. The summed E-state index contributed by atoms with van der Waals surface area (Å²) in [6, 6.07) is -2.85. The van der Waals surface area contributed by atoms with E-state index in [0.29, 0.717) is 12.8 Å². The van der Waals surface area contributed by atoms with Crippen LogP contribution < -0.4 is 10.6 Å². The van der Waals surface area contributed by atoms with Crippen LogP contribution in [0.15, 0.2) is 24.3 Å². The van der Waals surface area contributed by atoms with Gasteiger partial charge in [0.1, 0.15) is 116 Å². The minimum absolute atomic E-state index is 0.186. The molecule has 0 spiro atoms. The zero-order chi connectivity index (χ0) is 75.2. The summed E-state index contributed by atoms with van der Waals surface area (Å²) in [4.78, 5) is 26.7. The summed E-state index contributed by atoms with van der Waals surface area (Å²) in [5, 5.41) is 171. The van der Waals surface area contributed by atoms with Crippen LogP contribution in [0, 0.1) is 0 Å². The Morgan fingerprint density at radius 1 is 0.398 bits per heavy atom. The van der Waals surface area contributed by atoms with Crippen molar-refractivity contribution < 1.29 is 134 Å².